The van der Waals surface area contributed by atoms with Crippen molar-refractivity contribution >= 4 is 11.8 Å². The molecule has 7 nitrogen and oxygen atoms in total. The van der Waals surface area contributed by atoms with Gasteiger partial charge < -0.3 is 14.2 Å². The molecule has 2 amide bonds. The second-order valence-electron chi connectivity index (χ2n) is 7.27. The number of rotatable bonds is 4. The molecule has 1 aliphatic heterocycles. The van der Waals surface area contributed by atoms with E-state index in [1.165, 1.54) is 0 Å². The van der Waals surface area contributed by atoms with Crippen molar-refractivity contribution in [3.63, 3.8) is 0 Å². The van der Waals surface area contributed by atoms with Crippen molar-refractivity contribution in [1.29, 1.82) is 0 Å². The summed E-state index contributed by atoms with van der Waals surface area (Å²) in [6, 6.07) is 1.79. The summed E-state index contributed by atoms with van der Waals surface area (Å²) in [6.07, 6.45) is 1.87. The molecule has 3 rings (SSSR count). The molecule has 0 saturated carbocycles. The van der Waals surface area contributed by atoms with Crippen LogP contribution < -0.4 is 0 Å². The van der Waals surface area contributed by atoms with Crippen LogP contribution in [0.15, 0.2) is 10.5 Å². The fourth-order valence-corrected chi connectivity index (χ4v) is 3.55. The van der Waals surface area contributed by atoms with Crippen LogP contribution in [-0.2, 0) is 11.2 Å². The SMILES string of the molecule is Cc1cc(C(=O)N2CCCN(C(=O)CCc3n[nH]c(C)c3C)CC2)c(C)o1. The van der Waals surface area contributed by atoms with Crippen LogP contribution in [0.2, 0.25) is 0 Å². The molecule has 2 aromatic heterocycles. The second kappa shape index (κ2) is 7.98. The van der Waals surface area contributed by atoms with Gasteiger partial charge in [0, 0.05) is 44.7 Å². The van der Waals surface area contributed by atoms with E-state index in [0.717, 1.165) is 29.1 Å². The van der Waals surface area contributed by atoms with Crippen LogP contribution in [0, 0.1) is 27.7 Å². The Hall–Kier alpha value is -2.57. The molecule has 1 fully saturated rings. The molecule has 0 aliphatic carbocycles. The van der Waals surface area contributed by atoms with Gasteiger partial charge in [0.15, 0.2) is 0 Å². The van der Waals surface area contributed by atoms with E-state index in [4.69, 9.17) is 4.42 Å². The minimum absolute atomic E-state index is 0.0127. The van der Waals surface area contributed by atoms with Gasteiger partial charge in [-0.3, -0.25) is 14.7 Å². The molecule has 1 saturated heterocycles. The van der Waals surface area contributed by atoms with Crippen LogP contribution in [0.1, 0.15) is 51.7 Å². The van der Waals surface area contributed by atoms with Crippen LogP contribution in [0.5, 0.6) is 0 Å². The van der Waals surface area contributed by atoms with Gasteiger partial charge in [0.2, 0.25) is 5.91 Å². The Morgan fingerprint density at radius 3 is 2.44 bits per heavy atom. The molecule has 2 aromatic rings. The number of hydrogen-bond donors (Lipinski definition) is 1. The fourth-order valence-electron chi connectivity index (χ4n) is 3.55. The van der Waals surface area contributed by atoms with E-state index in [1.807, 2.05) is 37.5 Å². The lowest BCUT2D eigenvalue weighted by molar-refractivity contribution is -0.131. The number of aryl methyl sites for hydroxylation is 4. The Morgan fingerprint density at radius 1 is 1.11 bits per heavy atom. The molecule has 3 heterocycles. The van der Waals surface area contributed by atoms with Crippen LogP contribution in [0.4, 0.5) is 0 Å². The van der Waals surface area contributed by atoms with E-state index in [0.29, 0.717) is 50.3 Å². The minimum atomic E-state index is -0.0127. The summed E-state index contributed by atoms with van der Waals surface area (Å²) in [5.74, 6) is 1.51. The number of furan rings is 1. The van der Waals surface area contributed by atoms with E-state index in [9.17, 15) is 9.59 Å². The highest BCUT2D eigenvalue weighted by Crippen LogP contribution is 2.18. The summed E-state index contributed by atoms with van der Waals surface area (Å²) in [4.78, 5) is 29.1. The molecule has 0 unspecified atom stereocenters. The zero-order valence-electron chi connectivity index (χ0n) is 16.6. The van der Waals surface area contributed by atoms with Gasteiger partial charge >= 0.3 is 0 Å². The van der Waals surface area contributed by atoms with E-state index in [1.54, 1.807) is 6.07 Å². The fraction of sp³-hybridized carbons (Fsp3) is 0.550. The molecule has 27 heavy (non-hydrogen) atoms. The summed E-state index contributed by atoms with van der Waals surface area (Å²) < 4.78 is 5.48. The zero-order chi connectivity index (χ0) is 19.6. The summed E-state index contributed by atoms with van der Waals surface area (Å²) in [5.41, 5.74) is 3.75. The highest BCUT2D eigenvalue weighted by Gasteiger charge is 2.25. The van der Waals surface area contributed by atoms with Crippen molar-refractivity contribution in [3.8, 4) is 0 Å². The maximum atomic E-state index is 12.8. The third kappa shape index (κ3) is 4.23. The van der Waals surface area contributed by atoms with Gasteiger partial charge in [0.05, 0.1) is 11.3 Å². The Morgan fingerprint density at radius 2 is 1.81 bits per heavy atom. The number of nitrogens with zero attached hydrogens (tertiary/aromatic N) is 3. The Labute approximate surface area is 159 Å². The number of amides is 2. The second-order valence-corrected chi connectivity index (χ2v) is 7.27. The number of H-pyrrole nitrogens is 1. The van der Waals surface area contributed by atoms with Gasteiger partial charge in [-0.25, -0.2) is 0 Å². The van der Waals surface area contributed by atoms with Gasteiger partial charge in [0.1, 0.15) is 11.5 Å². The monoisotopic (exact) mass is 372 g/mol. The lowest BCUT2D eigenvalue weighted by Gasteiger charge is -2.22. The molecule has 7 heteroatoms. The first-order valence-corrected chi connectivity index (χ1v) is 9.51. The van der Waals surface area contributed by atoms with Crippen molar-refractivity contribution in [3.05, 3.63) is 40.1 Å². The number of carbonyl (C=O) groups excluding carboxylic acids is 2. The molecule has 0 radical (unpaired) electrons. The van der Waals surface area contributed by atoms with Crippen molar-refractivity contribution in [1.82, 2.24) is 20.0 Å². The molecule has 0 spiro atoms. The third-order valence-corrected chi connectivity index (χ3v) is 5.34. The van der Waals surface area contributed by atoms with Gasteiger partial charge in [-0.05, 0) is 45.7 Å². The maximum Gasteiger partial charge on any atom is 0.257 e. The number of aromatic amines is 1. The Kier molecular flexibility index (Phi) is 5.68. The quantitative estimate of drug-likeness (QED) is 0.894. The molecular formula is C20H28N4O3. The summed E-state index contributed by atoms with van der Waals surface area (Å²) in [6.45, 7) is 10.1. The van der Waals surface area contributed by atoms with Crippen molar-refractivity contribution in [2.45, 2.75) is 47.0 Å². The Balaban J connectivity index is 1.56. The van der Waals surface area contributed by atoms with Crippen molar-refractivity contribution in [2.75, 3.05) is 26.2 Å². The zero-order valence-corrected chi connectivity index (χ0v) is 16.6. The number of nitrogens with one attached hydrogen (secondary N) is 1. The Bertz CT molecular complexity index is 836. The molecule has 146 valence electrons. The first kappa shape index (κ1) is 19.2. The lowest BCUT2D eigenvalue weighted by Crippen LogP contribution is -2.37. The lowest BCUT2D eigenvalue weighted by atomic mass is 10.1. The van der Waals surface area contributed by atoms with Gasteiger partial charge in [-0.15, -0.1) is 0 Å². The molecule has 0 atom stereocenters. The highest BCUT2D eigenvalue weighted by atomic mass is 16.3. The van der Waals surface area contributed by atoms with Gasteiger partial charge in [-0.1, -0.05) is 0 Å². The summed E-state index contributed by atoms with van der Waals surface area (Å²) in [5, 5.41) is 7.24. The van der Waals surface area contributed by atoms with E-state index in [-0.39, 0.29) is 11.8 Å². The average molecular weight is 372 g/mol. The van der Waals surface area contributed by atoms with E-state index in [2.05, 4.69) is 10.2 Å². The van der Waals surface area contributed by atoms with Crippen LogP contribution >= 0.6 is 0 Å². The van der Waals surface area contributed by atoms with Crippen LogP contribution in [-0.4, -0.2) is 58.0 Å². The third-order valence-electron chi connectivity index (χ3n) is 5.34. The molecule has 0 bridgehead atoms. The molecule has 1 N–H and O–H groups in total. The van der Waals surface area contributed by atoms with Crippen molar-refractivity contribution in [2.24, 2.45) is 0 Å². The van der Waals surface area contributed by atoms with Crippen molar-refractivity contribution < 1.29 is 14.0 Å². The van der Waals surface area contributed by atoms with Gasteiger partial charge in [-0.2, -0.15) is 5.10 Å². The number of aromatic nitrogens is 2. The van der Waals surface area contributed by atoms with E-state index >= 15 is 0 Å². The smallest absolute Gasteiger partial charge is 0.257 e. The minimum Gasteiger partial charge on any atom is -0.466 e. The summed E-state index contributed by atoms with van der Waals surface area (Å²) >= 11 is 0. The van der Waals surface area contributed by atoms with Gasteiger partial charge in [0.25, 0.3) is 5.91 Å². The topological polar surface area (TPSA) is 82.4 Å². The average Bonchev–Trinajstić information content (AvgIpc) is 3.02. The first-order valence-electron chi connectivity index (χ1n) is 9.51. The predicted octanol–water partition coefficient (Wildman–Crippen LogP) is 2.54. The number of hydrogen-bond acceptors (Lipinski definition) is 4. The molecule has 0 aromatic carbocycles. The molecule has 1 aliphatic rings. The van der Waals surface area contributed by atoms with Crippen LogP contribution in [0.25, 0.3) is 0 Å². The normalized spacial score (nSPS) is 15.1. The van der Waals surface area contributed by atoms with Crippen LogP contribution in [0.3, 0.4) is 0 Å². The summed E-state index contributed by atoms with van der Waals surface area (Å²) in [7, 11) is 0. The largest absolute Gasteiger partial charge is 0.466 e. The van der Waals surface area contributed by atoms with E-state index < -0.39 is 0 Å². The predicted molar refractivity (Wildman–Crippen MR) is 102 cm³/mol. The molecular weight excluding hydrogens is 344 g/mol. The maximum absolute atomic E-state index is 12.8. The standard InChI is InChI=1S/C20H28N4O3/c1-13-12-17(16(4)27-13)20(26)24-9-5-8-23(10-11-24)19(25)7-6-18-14(2)15(3)21-22-18/h12H,5-11H2,1-4H3,(H,21,22). The number of carbonyl (C=O) groups is 2. The highest BCUT2D eigenvalue weighted by molar-refractivity contribution is 5.95. The first-order chi connectivity index (χ1) is 12.9.